The first-order chi connectivity index (χ1) is 22.9. The summed E-state index contributed by atoms with van der Waals surface area (Å²) in [5, 5.41) is 9.45. The number of hydrogen-bond acceptors (Lipinski definition) is 8. The van der Waals surface area contributed by atoms with Gasteiger partial charge in [-0.25, -0.2) is 4.79 Å². The monoisotopic (exact) mass is 697 g/mol. The number of nitrogens with two attached hydrogens (primary N) is 2. The third kappa shape index (κ3) is 12.1. The van der Waals surface area contributed by atoms with Gasteiger partial charge in [-0.3, -0.25) is 14.8 Å². The van der Waals surface area contributed by atoms with Crippen LogP contribution in [0.1, 0.15) is 18.4 Å². The second kappa shape index (κ2) is 19.0. The van der Waals surface area contributed by atoms with E-state index in [-0.39, 0.29) is 11.9 Å². The molecule has 0 radical (unpaired) electrons. The highest BCUT2D eigenvalue weighted by Gasteiger charge is 2.38. The summed E-state index contributed by atoms with van der Waals surface area (Å²) in [5.74, 6) is -2.17. The lowest BCUT2D eigenvalue weighted by molar-refractivity contribution is -0.192. The normalized spacial score (nSPS) is 12.2. The van der Waals surface area contributed by atoms with Gasteiger partial charge in [-0.15, -0.1) is 0 Å². The lowest BCUT2D eigenvalue weighted by Crippen LogP contribution is -2.48. The van der Waals surface area contributed by atoms with Crippen molar-refractivity contribution in [3.05, 3.63) is 109 Å². The number of aromatic nitrogens is 2. The Morgan fingerprint density at radius 3 is 1.83 bits per heavy atom. The van der Waals surface area contributed by atoms with Crippen molar-refractivity contribution in [3.63, 3.8) is 0 Å². The van der Waals surface area contributed by atoms with E-state index in [1.54, 1.807) is 23.7 Å². The van der Waals surface area contributed by atoms with Crippen LogP contribution in [0.15, 0.2) is 113 Å². The average molecular weight is 698 g/mol. The summed E-state index contributed by atoms with van der Waals surface area (Å²) in [7, 11) is 1.80. The van der Waals surface area contributed by atoms with E-state index in [0.29, 0.717) is 18.7 Å². The minimum atomic E-state index is -5.08. The molecule has 0 aliphatic carbocycles. The number of likely N-dealkylation sites (N-methyl/N-ethyl adjacent to an activating group) is 1. The number of alkyl halides is 3. The minimum absolute atomic E-state index is 0.0371. The Balaban J connectivity index is 0.000000219. The number of para-hydroxylation sites is 2. The van der Waals surface area contributed by atoms with Gasteiger partial charge >= 0.3 is 12.1 Å². The molecule has 1 amide bonds. The molecule has 0 spiro atoms. The number of rotatable bonds is 10. The van der Waals surface area contributed by atoms with Crippen LogP contribution >= 0.6 is 24.4 Å². The van der Waals surface area contributed by atoms with Crippen LogP contribution in [0.3, 0.4) is 0 Å². The fourth-order valence-electron chi connectivity index (χ4n) is 4.51. The summed E-state index contributed by atoms with van der Waals surface area (Å²) in [4.78, 5) is 34.2. The van der Waals surface area contributed by atoms with E-state index in [1.807, 2.05) is 79.1 Å². The second-order valence-electron chi connectivity index (χ2n) is 10.6. The fraction of sp³-hybridized carbons (Fsp3) is 0.257. The largest absolute Gasteiger partial charge is 0.490 e. The summed E-state index contributed by atoms with van der Waals surface area (Å²) in [6.07, 6.45) is 1.06. The Labute approximate surface area is 287 Å². The van der Waals surface area contributed by atoms with Crippen molar-refractivity contribution in [2.24, 2.45) is 11.5 Å². The van der Waals surface area contributed by atoms with Crippen LogP contribution in [0, 0.1) is 0 Å². The number of carboxylic acid groups (broad SMARTS) is 1. The number of hydrogen-bond donors (Lipinski definition) is 4. The van der Waals surface area contributed by atoms with Gasteiger partial charge in [0.2, 0.25) is 5.91 Å². The Kier molecular flexibility index (Phi) is 15.1. The molecule has 48 heavy (non-hydrogen) atoms. The maximum Gasteiger partial charge on any atom is 0.490 e. The van der Waals surface area contributed by atoms with Gasteiger partial charge in [-0.05, 0) is 55.6 Å². The van der Waals surface area contributed by atoms with E-state index in [9.17, 15) is 18.0 Å². The number of fused-ring (bicyclic) bond motifs is 2. The number of halogens is 3. The molecule has 2 atom stereocenters. The Bertz CT molecular complexity index is 1690. The van der Waals surface area contributed by atoms with Gasteiger partial charge < -0.3 is 21.5 Å². The maximum atomic E-state index is 12.3. The second-order valence-corrected chi connectivity index (χ2v) is 12.2. The molecule has 0 fully saturated rings. The number of amides is 1. The van der Waals surface area contributed by atoms with E-state index in [4.69, 9.17) is 21.4 Å². The van der Waals surface area contributed by atoms with E-state index in [0.717, 1.165) is 50.0 Å². The summed E-state index contributed by atoms with van der Waals surface area (Å²) >= 11 is 6.01. The van der Waals surface area contributed by atoms with E-state index in [1.165, 1.54) is 0 Å². The number of carboxylic acids is 1. The van der Waals surface area contributed by atoms with Gasteiger partial charge in [0.15, 0.2) is 0 Å². The lowest BCUT2D eigenvalue weighted by Gasteiger charge is -2.29. The molecule has 13 heteroatoms. The highest BCUT2D eigenvalue weighted by atomic mass is 32.2. The first-order valence-corrected chi connectivity index (χ1v) is 16.4. The molecule has 2 aromatic heterocycles. The number of carbonyl (C=O) groups excluding carboxylic acids is 1. The molecule has 0 unspecified atom stereocenters. The van der Waals surface area contributed by atoms with Crippen molar-refractivity contribution in [1.82, 2.24) is 14.9 Å². The molecule has 254 valence electrons. The topological polar surface area (TPSA) is 135 Å². The quantitative estimate of drug-likeness (QED) is 0.120. The minimum Gasteiger partial charge on any atom is -0.475 e. The molecule has 2 heterocycles. The number of nitrogens with zero attached hydrogens (tertiary/aromatic N) is 3. The van der Waals surface area contributed by atoms with Crippen LogP contribution in [0.4, 0.5) is 13.2 Å². The third-order valence-electron chi connectivity index (χ3n) is 7.07. The molecule has 0 saturated carbocycles. The number of carbonyl (C=O) groups is 2. The lowest BCUT2D eigenvalue weighted by atomic mass is 10.0. The van der Waals surface area contributed by atoms with Crippen LogP contribution < -0.4 is 11.5 Å². The summed E-state index contributed by atoms with van der Waals surface area (Å²) in [5.41, 5.74) is 14.7. The van der Waals surface area contributed by atoms with Crippen LogP contribution in [-0.4, -0.2) is 69.5 Å². The zero-order chi connectivity index (χ0) is 35.1. The predicted molar refractivity (Wildman–Crippen MR) is 188 cm³/mol. The standard InChI is InChI=1S/C18H12N2S.C15H25N3OS.C2HF3O2/c1-3-7-17-13(5-1)9-15(11-19-17)21-16-10-14-6-2-4-8-18(14)20-12-16;1-18(13(11-20)8-5-9-16)15(19)14(17)10-12-6-3-2-4-7-12;3-2(4,5)1(6)7/h1-12H;2-4,6-7,13-14,20H,5,8-11,16-17H2,1H3;(H,6,7)/t;13-,14-;/m.0./s1. The molecule has 0 aliphatic heterocycles. The molecular formula is C35H38F3N5O3S2. The first kappa shape index (κ1) is 38.3. The van der Waals surface area contributed by atoms with Crippen molar-refractivity contribution >= 4 is 58.1 Å². The van der Waals surface area contributed by atoms with E-state index >= 15 is 0 Å². The van der Waals surface area contributed by atoms with Crippen molar-refractivity contribution in [2.45, 2.75) is 47.3 Å². The van der Waals surface area contributed by atoms with E-state index < -0.39 is 18.2 Å². The molecule has 5 N–H and O–H groups in total. The molecule has 5 rings (SSSR count). The smallest absolute Gasteiger partial charge is 0.475 e. The highest BCUT2D eigenvalue weighted by molar-refractivity contribution is 7.99. The van der Waals surface area contributed by atoms with Crippen LogP contribution in [0.25, 0.3) is 21.8 Å². The van der Waals surface area contributed by atoms with Crippen molar-refractivity contribution in [3.8, 4) is 0 Å². The van der Waals surface area contributed by atoms with Crippen LogP contribution in [0.2, 0.25) is 0 Å². The first-order valence-electron chi connectivity index (χ1n) is 15.0. The molecule has 8 nitrogen and oxygen atoms in total. The van der Waals surface area contributed by atoms with Gasteiger partial charge in [-0.2, -0.15) is 25.8 Å². The maximum absolute atomic E-state index is 12.3. The highest BCUT2D eigenvalue weighted by Crippen LogP contribution is 2.30. The van der Waals surface area contributed by atoms with Gasteiger partial charge in [0.1, 0.15) is 0 Å². The third-order valence-corrected chi connectivity index (χ3v) is 8.41. The molecule has 3 aromatic carbocycles. The van der Waals surface area contributed by atoms with Gasteiger partial charge in [-0.1, -0.05) is 78.5 Å². The van der Waals surface area contributed by atoms with Crippen LogP contribution in [0.5, 0.6) is 0 Å². The van der Waals surface area contributed by atoms with Gasteiger partial charge in [0, 0.05) is 51.8 Å². The number of aliphatic carboxylic acids is 1. The molecule has 0 aliphatic rings. The Hall–Kier alpha value is -4.17. The van der Waals surface area contributed by atoms with Gasteiger partial charge in [0.25, 0.3) is 0 Å². The number of pyridine rings is 2. The number of thiol groups is 1. The Morgan fingerprint density at radius 2 is 1.38 bits per heavy atom. The van der Waals surface area contributed by atoms with Crippen molar-refractivity contribution in [1.29, 1.82) is 0 Å². The van der Waals surface area contributed by atoms with Crippen LogP contribution in [-0.2, 0) is 16.0 Å². The molecular weight excluding hydrogens is 660 g/mol. The zero-order valence-corrected chi connectivity index (χ0v) is 28.0. The van der Waals surface area contributed by atoms with Crippen molar-refractivity contribution < 1.29 is 27.9 Å². The Morgan fingerprint density at radius 1 is 0.896 bits per heavy atom. The zero-order valence-electron chi connectivity index (χ0n) is 26.3. The SMILES string of the molecule is CN(C(=O)[C@@H](N)Cc1ccccc1)[C@H](CS)CCCN.O=C(O)C(F)(F)F.c1ccc2ncc(Sc3cnc4ccccc4c3)cc2c1. The average Bonchev–Trinajstić information content (AvgIpc) is 3.08. The van der Waals surface area contributed by atoms with E-state index in [2.05, 4.69) is 46.9 Å². The molecule has 0 saturated heterocycles. The summed E-state index contributed by atoms with van der Waals surface area (Å²) in [6.45, 7) is 0.627. The summed E-state index contributed by atoms with van der Waals surface area (Å²) in [6, 6.07) is 30.1. The van der Waals surface area contributed by atoms with Crippen molar-refractivity contribution in [2.75, 3.05) is 19.3 Å². The predicted octanol–water partition coefficient (Wildman–Crippen LogP) is 6.62. The molecule has 0 bridgehead atoms. The fourth-order valence-corrected chi connectivity index (χ4v) is 5.79. The van der Waals surface area contributed by atoms with Gasteiger partial charge in [0.05, 0.1) is 17.1 Å². The summed E-state index contributed by atoms with van der Waals surface area (Å²) < 4.78 is 31.7. The molecule has 5 aromatic rings. The number of benzene rings is 3.